The van der Waals surface area contributed by atoms with E-state index in [-0.39, 0.29) is 11.7 Å². The molecule has 2 aromatic carbocycles. The summed E-state index contributed by atoms with van der Waals surface area (Å²) in [6.07, 6.45) is 0. The van der Waals surface area contributed by atoms with E-state index in [1.165, 1.54) is 22.6 Å². The van der Waals surface area contributed by atoms with Gasteiger partial charge in [0.2, 0.25) is 0 Å². The SMILES string of the molecule is O=C(C[NH+]1CCN(c2ccc(F)cc2)CC1)Nc1ccc(C[NH+]2CCOCC2)cc1. The summed E-state index contributed by atoms with van der Waals surface area (Å²) >= 11 is 0. The van der Waals surface area contributed by atoms with Crippen LogP contribution in [-0.4, -0.2) is 64.9 Å². The van der Waals surface area contributed by atoms with Gasteiger partial charge in [-0.05, 0) is 36.4 Å². The molecule has 2 aliphatic rings. The zero-order valence-corrected chi connectivity index (χ0v) is 17.3. The number of piperazine rings is 1. The Morgan fingerprint density at radius 3 is 2.27 bits per heavy atom. The standard InChI is InChI=1S/C23H29FN4O2/c24-20-3-7-22(8-4-20)28-11-9-26(10-12-28)18-23(29)25-21-5-1-19(2-6-21)17-27-13-15-30-16-14-27/h1-8H,9-18H2,(H,25,29)/p+2. The average molecular weight is 415 g/mol. The lowest BCUT2D eigenvalue weighted by molar-refractivity contribution is -0.921. The third-order valence-corrected chi connectivity index (χ3v) is 5.96. The van der Waals surface area contributed by atoms with Crippen LogP contribution in [0.15, 0.2) is 48.5 Å². The highest BCUT2D eigenvalue weighted by atomic mass is 19.1. The van der Waals surface area contributed by atoms with E-state index in [0.717, 1.165) is 70.4 Å². The Labute approximate surface area is 177 Å². The monoisotopic (exact) mass is 414 g/mol. The van der Waals surface area contributed by atoms with Crippen molar-refractivity contribution in [3.05, 3.63) is 59.9 Å². The summed E-state index contributed by atoms with van der Waals surface area (Å²) in [4.78, 5) is 17.5. The number of benzene rings is 2. The number of anilines is 2. The van der Waals surface area contributed by atoms with Crippen molar-refractivity contribution in [3.63, 3.8) is 0 Å². The van der Waals surface area contributed by atoms with Crippen molar-refractivity contribution < 1.29 is 23.7 Å². The van der Waals surface area contributed by atoms with Gasteiger partial charge >= 0.3 is 0 Å². The van der Waals surface area contributed by atoms with Crippen molar-refractivity contribution in [2.45, 2.75) is 6.54 Å². The normalized spacial score (nSPS) is 18.4. The molecule has 2 aromatic rings. The first-order chi connectivity index (χ1) is 14.7. The van der Waals surface area contributed by atoms with Crippen molar-refractivity contribution in [2.75, 3.05) is 69.2 Å². The fourth-order valence-corrected chi connectivity index (χ4v) is 4.17. The van der Waals surface area contributed by atoms with Gasteiger partial charge in [-0.1, -0.05) is 12.1 Å². The van der Waals surface area contributed by atoms with Crippen LogP contribution in [0.5, 0.6) is 0 Å². The molecule has 0 atom stereocenters. The second kappa shape index (κ2) is 10.0. The second-order valence-corrected chi connectivity index (χ2v) is 8.17. The third-order valence-electron chi connectivity index (χ3n) is 5.96. The second-order valence-electron chi connectivity index (χ2n) is 8.17. The lowest BCUT2D eigenvalue weighted by Gasteiger charge is -2.33. The van der Waals surface area contributed by atoms with E-state index in [4.69, 9.17) is 4.74 Å². The maximum absolute atomic E-state index is 13.1. The maximum atomic E-state index is 13.1. The van der Waals surface area contributed by atoms with Crippen LogP contribution in [0, 0.1) is 5.82 Å². The van der Waals surface area contributed by atoms with Crippen molar-refractivity contribution in [1.29, 1.82) is 0 Å². The van der Waals surface area contributed by atoms with Crippen molar-refractivity contribution >= 4 is 17.3 Å². The van der Waals surface area contributed by atoms with Crippen LogP contribution in [0.3, 0.4) is 0 Å². The van der Waals surface area contributed by atoms with Crippen LogP contribution < -0.4 is 20.0 Å². The van der Waals surface area contributed by atoms with Gasteiger partial charge in [0.15, 0.2) is 6.54 Å². The number of carbonyl (C=O) groups excluding carboxylic acids is 1. The Morgan fingerprint density at radius 1 is 0.933 bits per heavy atom. The van der Waals surface area contributed by atoms with Crippen LogP contribution in [0.25, 0.3) is 0 Å². The summed E-state index contributed by atoms with van der Waals surface area (Å²) < 4.78 is 18.5. The minimum absolute atomic E-state index is 0.0480. The van der Waals surface area contributed by atoms with Gasteiger partial charge in [0.25, 0.3) is 5.91 Å². The molecule has 2 aliphatic heterocycles. The van der Waals surface area contributed by atoms with Gasteiger partial charge in [0.05, 0.1) is 39.4 Å². The number of carbonyl (C=O) groups is 1. The van der Waals surface area contributed by atoms with Gasteiger partial charge in [0, 0.05) is 16.9 Å². The minimum Gasteiger partial charge on any atom is -0.370 e. The molecule has 0 bridgehead atoms. The lowest BCUT2D eigenvalue weighted by atomic mass is 10.2. The molecule has 0 unspecified atom stereocenters. The van der Waals surface area contributed by atoms with E-state index in [0.29, 0.717) is 6.54 Å². The fourth-order valence-electron chi connectivity index (χ4n) is 4.17. The number of hydrogen-bond acceptors (Lipinski definition) is 3. The third kappa shape index (κ3) is 5.78. The molecule has 4 rings (SSSR count). The number of nitrogens with one attached hydrogen (secondary N) is 3. The maximum Gasteiger partial charge on any atom is 0.279 e. The number of amides is 1. The van der Waals surface area contributed by atoms with Gasteiger partial charge in [-0.15, -0.1) is 0 Å². The van der Waals surface area contributed by atoms with E-state index in [1.54, 1.807) is 4.90 Å². The van der Waals surface area contributed by atoms with Crippen molar-refractivity contribution in [1.82, 2.24) is 0 Å². The van der Waals surface area contributed by atoms with Crippen molar-refractivity contribution in [3.8, 4) is 0 Å². The summed E-state index contributed by atoms with van der Waals surface area (Å²) in [6.45, 7) is 8.77. The fraction of sp³-hybridized carbons (Fsp3) is 0.435. The summed E-state index contributed by atoms with van der Waals surface area (Å²) in [5, 5.41) is 3.03. The molecule has 6 nitrogen and oxygen atoms in total. The molecule has 1 amide bonds. The molecule has 0 saturated carbocycles. The lowest BCUT2D eigenvalue weighted by Crippen LogP contribution is -3.15. The number of rotatable bonds is 6. The predicted molar refractivity (Wildman–Crippen MR) is 114 cm³/mol. The summed E-state index contributed by atoms with van der Waals surface area (Å²) in [7, 11) is 0. The van der Waals surface area contributed by atoms with Gasteiger partial charge in [-0.3, -0.25) is 4.79 Å². The predicted octanol–water partition coefficient (Wildman–Crippen LogP) is -0.416. The molecule has 0 radical (unpaired) electrons. The summed E-state index contributed by atoms with van der Waals surface area (Å²) in [5.41, 5.74) is 3.18. The molecule has 0 aliphatic carbocycles. The first kappa shape index (κ1) is 20.8. The Hall–Kier alpha value is -2.48. The molecule has 0 spiro atoms. The highest BCUT2D eigenvalue weighted by Gasteiger charge is 2.22. The number of hydrogen-bond donors (Lipinski definition) is 3. The molecule has 7 heteroatoms. The van der Waals surface area contributed by atoms with Gasteiger partial charge in [-0.25, -0.2) is 4.39 Å². The molecule has 2 saturated heterocycles. The smallest absolute Gasteiger partial charge is 0.279 e. The average Bonchev–Trinajstić information content (AvgIpc) is 2.77. The van der Waals surface area contributed by atoms with Crippen LogP contribution in [0.4, 0.5) is 15.8 Å². The van der Waals surface area contributed by atoms with Crippen LogP contribution in [-0.2, 0) is 16.1 Å². The van der Waals surface area contributed by atoms with Gasteiger partial charge < -0.3 is 24.8 Å². The molecule has 0 aromatic heterocycles. The molecule has 30 heavy (non-hydrogen) atoms. The summed E-state index contributed by atoms with van der Waals surface area (Å²) in [5.74, 6) is -0.165. The highest BCUT2D eigenvalue weighted by molar-refractivity contribution is 5.91. The molecule has 3 N–H and O–H groups in total. The molecule has 2 heterocycles. The topological polar surface area (TPSA) is 50.5 Å². The zero-order valence-electron chi connectivity index (χ0n) is 17.3. The van der Waals surface area contributed by atoms with Crippen LogP contribution in [0.2, 0.25) is 0 Å². The van der Waals surface area contributed by atoms with E-state index < -0.39 is 0 Å². The van der Waals surface area contributed by atoms with Crippen molar-refractivity contribution in [2.24, 2.45) is 0 Å². The molecule has 2 fully saturated rings. The van der Waals surface area contributed by atoms with Gasteiger partial charge in [0.1, 0.15) is 25.5 Å². The van der Waals surface area contributed by atoms with Gasteiger partial charge in [-0.2, -0.15) is 0 Å². The highest BCUT2D eigenvalue weighted by Crippen LogP contribution is 2.14. The Bertz CT molecular complexity index is 814. The number of nitrogens with zero attached hydrogens (tertiary/aromatic N) is 1. The van der Waals surface area contributed by atoms with E-state index in [9.17, 15) is 9.18 Å². The van der Waals surface area contributed by atoms with E-state index in [1.807, 2.05) is 24.3 Å². The van der Waals surface area contributed by atoms with Crippen LogP contribution >= 0.6 is 0 Å². The minimum atomic E-state index is -0.213. The zero-order chi connectivity index (χ0) is 20.8. The van der Waals surface area contributed by atoms with E-state index in [2.05, 4.69) is 22.3 Å². The first-order valence-corrected chi connectivity index (χ1v) is 10.8. The number of morpholine rings is 1. The Balaban J connectivity index is 1.20. The number of quaternary nitrogens is 2. The molecular formula is C23H31FN4O2+2. The van der Waals surface area contributed by atoms with E-state index >= 15 is 0 Å². The first-order valence-electron chi connectivity index (χ1n) is 10.8. The number of ether oxygens (including phenoxy) is 1. The quantitative estimate of drug-likeness (QED) is 0.602. The summed E-state index contributed by atoms with van der Waals surface area (Å²) in [6, 6.07) is 14.8. The Kier molecular flexibility index (Phi) is 6.94. The van der Waals surface area contributed by atoms with Crippen LogP contribution in [0.1, 0.15) is 5.56 Å². The molecule has 160 valence electrons. The Morgan fingerprint density at radius 2 is 1.60 bits per heavy atom. The number of halogens is 1. The molecular weight excluding hydrogens is 383 g/mol. The largest absolute Gasteiger partial charge is 0.370 e.